The maximum absolute atomic E-state index is 12.0. The van der Waals surface area contributed by atoms with Gasteiger partial charge in [-0.05, 0) is 33.5 Å². The Bertz CT molecular complexity index is 806. The lowest BCUT2D eigenvalue weighted by Gasteiger charge is -2.07. The summed E-state index contributed by atoms with van der Waals surface area (Å²) in [5.41, 5.74) is 0.889. The standard InChI is InChI=1S/C15H14ClN5OS2/c16-13-6-2-1-4-11(13)8-17-14(22)10-24-15-18-19-20-21(15)9-12-5-3-7-23-12/h1-7H,8-10H2,(H,17,22). The number of thioether (sulfide) groups is 1. The molecule has 0 saturated carbocycles. The van der Waals surface area contributed by atoms with E-state index in [4.69, 9.17) is 11.6 Å². The summed E-state index contributed by atoms with van der Waals surface area (Å²) in [5, 5.41) is 17.7. The zero-order valence-corrected chi connectivity index (χ0v) is 14.9. The zero-order valence-electron chi connectivity index (χ0n) is 12.6. The molecule has 1 aromatic carbocycles. The van der Waals surface area contributed by atoms with Crippen LogP contribution in [0, 0.1) is 0 Å². The van der Waals surface area contributed by atoms with E-state index in [1.165, 1.54) is 11.8 Å². The Morgan fingerprint density at radius 3 is 2.96 bits per heavy atom. The number of benzene rings is 1. The molecule has 0 aliphatic rings. The predicted molar refractivity (Wildman–Crippen MR) is 95.3 cm³/mol. The van der Waals surface area contributed by atoms with Gasteiger partial charge in [0.1, 0.15) is 0 Å². The molecule has 24 heavy (non-hydrogen) atoms. The van der Waals surface area contributed by atoms with Crippen LogP contribution in [0.15, 0.2) is 46.9 Å². The summed E-state index contributed by atoms with van der Waals surface area (Å²) in [7, 11) is 0. The van der Waals surface area contributed by atoms with Crippen molar-refractivity contribution in [1.82, 2.24) is 25.5 Å². The molecule has 1 amide bonds. The maximum atomic E-state index is 12.0. The lowest BCUT2D eigenvalue weighted by atomic mass is 10.2. The molecule has 0 fully saturated rings. The molecule has 9 heteroatoms. The molecule has 0 saturated heterocycles. The number of carbonyl (C=O) groups is 1. The predicted octanol–water partition coefficient (Wildman–Crippen LogP) is 2.84. The molecule has 1 N–H and O–H groups in total. The molecule has 0 atom stereocenters. The van der Waals surface area contributed by atoms with Gasteiger partial charge in [-0.3, -0.25) is 4.79 Å². The smallest absolute Gasteiger partial charge is 0.230 e. The summed E-state index contributed by atoms with van der Waals surface area (Å²) in [6, 6.07) is 11.4. The van der Waals surface area contributed by atoms with Crippen molar-refractivity contribution in [3.63, 3.8) is 0 Å². The third-order valence-corrected chi connectivity index (χ3v) is 5.34. The molecule has 6 nitrogen and oxygen atoms in total. The molecular formula is C15H14ClN5OS2. The van der Waals surface area contributed by atoms with E-state index in [0.29, 0.717) is 23.3 Å². The van der Waals surface area contributed by atoms with E-state index in [1.807, 2.05) is 35.7 Å². The van der Waals surface area contributed by atoms with Crippen LogP contribution in [0.25, 0.3) is 0 Å². The molecule has 3 rings (SSSR count). The molecule has 0 radical (unpaired) electrons. The van der Waals surface area contributed by atoms with Crippen molar-refractivity contribution in [3.05, 3.63) is 57.2 Å². The van der Waals surface area contributed by atoms with Crippen LogP contribution in [-0.4, -0.2) is 31.9 Å². The maximum Gasteiger partial charge on any atom is 0.230 e. The molecule has 0 aliphatic heterocycles. The van der Waals surface area contributed by atoms with E-state index >= 15 is 0 Å². The van der Waals surface area contributed by atoms with Crippen LogP contribution in [0.4, 0.5) is 0 Å². The van der Waals surface area contributed by atoms with E-state index in [0.717, 1.165) is 10.4 Å². The van der Waals surface area contributed by atoms with Crippen molar-refractivity contribution in [2.75, 3.05) is 5.75 Å². The highest BCUT2D eigenvalue weighted by atomic mass is 35.5. The molecule has 2 aromatic heterocycles. The average molecular weight is 380 g/mol. The van der Waals surface area contributed by atoms with Crippen molar-refractivity contribution >= 4 is 40.6 Å². The number of aromatic nitrogens is 4. The number of nitrogens with zero attached hydrogens (tertiary/aromatic N) is 4. The average Bonchev–Trinajstić information content (AvgIpc) is 3.24. The first-order valence-electron chi connectivity index (χ1n) is 7.14. The Kier molecular flexibility index (Phi) is 5.84. The van der Waals surface area contributed by atoms with Gasteiger partial charge in [-0.15, -0.1) is 16.4 Å². The van der Waals surface area contributed by atoms with E-state index in [1.54, 1.807) is 22.1 Å². The number of tetrazole rings is 1. The fourth-order valence-corrected chi connectivity index (χ4v) is 3.56. The minimum Gasteiger partial charge on any atom is -0.351 e. The van der Waals surface area contributed by atoms with Gasteiger partial charge < -0.3 is 5.32 Å². The Morgan fingerprint density at radius 2 is 2.17 bits per heavy atom. The molecule has 2 heterocycles. The molecule has 0 aliphatic carbocycles. The highest BCUT2D eigenvalue weighted by Crippen LogP contribution is 2.17. The van der Waals surface area contributed by atoms with Crippen molar-refractivity contribution < 1.29 is 4.79 Å². The summed E-state index contributed by atoms with van der Waals surface area (Å²) in [6.07, 6.45) is 0. The number of thiophene rings is 1. The number of amides is 1. The Hall–Kier alpha value is -1.90. The van der Waals surface area contributed by atoms with Gasteiger partial charge in [-0.25, -0.2) is 4.68 Å². The molecule has 0 spiro atoms. The summed E-state index contributed by atoms with van der Waals surface area (Å²) in [6.45, 7) is 1.01. The van der Waals surface area contributed by atoms with Crippen LogP contribution in [0.3, 0.4) is 0 Å². The van der Waals surface area contributed by atoms with Crippen LogP contribution in [-0.2, 0) is 17.9 Å². The largest absolute Gasteiger partial charge is 0.351 e. The van der Waals surface area contributed by atoms with Crippen LogP contribution in [0.1, 0.15) is 10.4 Å². The van der Waals surface area contributed by atoms with E-state index in [2.05, 4.69) is 20.8 Å². The fraction of sp³-hybridized carbons (Fsp3) is 0.200. The second-order valence-corrected chi connectivity index (χ2v) is 7.24. The van der Waals surface area contributed by atoms with Gasteiger partial charge in [-0.1, -0.05) is 47.6 Å². The molecule has 0 unspecified atom stereocenters. The third-order valence-electron chi connectivity index (χ3n) is 3.15. The van der Waals surface area contributed by atoms with E-state index in [-0.39, 0.29) is 11.7 Å². The van der Waals surface area contributed by atoms with Gasteiger partial charge in [0.25, 0.3) is 0 Å². The van der Waals surface area contributed by atoms with Crippen LogP contribution in [0.2, 0.25) is 5.02 Å². The quantitative estimate of drug-likeness (QED) is 0.639. The highest BCUT2D eigenvalue weighted by Gasteiger charge is 2.11. The first-order chi connectivity index (χ1) is 11.7. The number of halogens is 1. The number of hydrogen-bond donors (Lipinski definition) is 1. The van der Waals surface area contributed by atoms with Crippen molar-refractivity contribution in [2.45, 2.75) is 18.2 Å². The lowest BCUT2D eigenvalue weighted by molar-refractivity contribution is -0.118. The van der Waals surface area contributed by atoms with Gasteiger partial charge >= 0.3 is 0 Å². The van der Waals surface area contributed by atoms with Gasteiger partial charge in [0.2, 0.25) is 11.1 Å². The minimum atomic E-state index is -0.0920. The minimum absolute atomic E-state index is 0.0920. The third kappa shape index (κ3) is 4.56. The highest BCUT2D eigenvalue weighted by molar-refractivity contribution is 7.99. The summed E-state index contributed by atoms with van der Waals surface area (Å²) in [5.74, 6) is 0.153. The summed E-state index contributed by atoms with van der Waals surface area (Å²) < 4.78 is 1.69. The van der Waals surface area contributed by atoms with E-state index in [9.17, 15) is 4.79 Å². The summed E-state index contributed by atoms with van der Waals surface area (Å²) in [4.78, 5) is 13.2. The number of nitrogens with one attached hydrogen (secondary N) is 1. The summed E-state index contributed by atoms with van der Waals surface area (Å²) >= 11 is 9.02. The number of carbonyl (C=O) groups excluding carboxylic acids is 1. The second kappa shape index (κ2) is 8.27. The number of rotatable bonds is 7. The first kappa shape index (κ1) is 16.9. The fourth-order valence-electron chi connectivity index (χ4n) is 1.97. The molecular weight excluding hydrogens is 366 g/mol. The van der Waals surface area contributed by atoms with E-state index < -0.39 is 0 Å². The zero-order chi connectivity index (χ0) is 16.8. The van der Waals surface area contributed by atoms with Gasteiger partial charge in [-0.2, -0.15) is 0 Å². The Balaban J connectivity index is 1.50. The van der Waals surface area contributed by atoms with Crippen molar-refractivity contribution in [2.24, 2.45) is 0 Å². The normalized spacial score (nSPS) is 10.7. The lowest BCUT2D eigenvalue weighted by Crippen LogP contribution is -2.24. The molecule has 3 aromatic rings. The monoisotopic (exact) mass is 379 g/mol. The van der Waals surface area contributed by atoms with Gasteiger partial charge in [0.05, 0.1) is 12.3 Å². The second-order valence-electron chi connectivity index (χ2n) is 4.86. The number of hydrogen-bond acceptors (Lipinski definition) is 6. The first-order valence-corrected chi connectivity index (χ1v) is 9.38. The SMILES string of the molecule is O=C(CSc1nnnn1Cc1cccs1)NCc1ccccc1Cl. The van der Waals surface area contributed by atoms with Gasteiger partial charge in [0, 0.05) is 16.4 Å². The Labute approximate surface area is 152 Å². The van der Waals surface area contributed by atoms with Crippen LogP contribution in [0.5, 0.6) is 0 Å². The van der Waals surface area contributed by atoms with Crippen molar-refractivity contribution in [1.29, 1.82) is 0 Å². The topological polar surface area (TPSA) is 72.7 Å². The Morgan fingerprint density at radius 1 is 1.29 bits per heavy atom. The molecule has 124 valence electrons. The van der Waals surface area contributed by atoms with Crippen molar-refractivity contribution in [3.8, 4) is 0 Å². The molecule has 0 bridgehead atoms. The van der Waals surface area contributed by atoms with Crippen LogP contribution >= 0.6 is 34.7 Å². The van der Waals surface area contributed by atoms with Gasteiger partial charge in [0.15, 0.2) is 0 Å². The van der Waals surface area contributed by atoms with Crippen LogP contribution < -0.4 is 5.32 Å².